The lowest BCUT2D eigenvalue weighted by Crippen LogP contribution is -2.18. The highest BCUT2D eigenvalue weighted by Gasteiger charge is 2.04. The molecule has 2 rings (SSSR count). The Balaban J connectivity index is 1.89. The van der Waals surface area contributed by atoms with Crippen molar-refractivity contribution in [1.29, 1.82) is 0 Å². The molecule has 1 atom stereocenters. The monoisotopic (exact) mass is 201 g/mol. The van der Waals surface area contributed by atoms with E-state index in [9.17, 15) is 0 Å². The fraction of sp³-hybridized carbons (Fsp3) is 0.250. The summed E-state index contributed by atoms with van der Waals surface area (Å²) in [5, 5.41) is 3.43. The minimum Gasteiger partial charge on any atom is -0.364 e. The van der Waals surface area contributed by atoms with E-state index in [1.165, 1.54) is 11.3 Å². The maximum atomic E-state index is 4.08. The van der Waals surface area contributed by atoms with Crippen LogP contribution >= 0.6 is 0 Å². The third-order valence-corrected chi connectivity index (χ3v) is 2.42. The molecule has 0 aromatic carbocycles. The highest BCUT2D eigenvalue weighted by molar-refractivity contribution is 5.11. The number of nitrogens with one attached hydrogen (secondary N) is 2. The van der Waals surface area contributed by atoms with Crippen LogP contribution in [0.4, 0.5) is 0 Å². The zero-order valence-electron chi connectivity index (χ0n) is 8.77. The van der Waals surface area contributed by atoms with Crippen LogP contribution in [-0.4, -0.2) is 9.97 Å². The molecule has 3 nitrogen and oxygen atoms in total. The fourth-order valence-corrected chi connectivity index (χ4v) is 1.50. The van der Waals surface area contributed by atoms with Gasteiger partial charge in [-0.3, -0.25) is 4.98 Å². The SMILES string of the molecule is CC(NCc1cccnc1)c1ccc[nH]1. The highest BCUT2D eigenvalue weighted by atomic mass is 14.9. The molecular weight excluding hydrogens is 186 g/mol. The second-order valence-electron chi connectivity index (χ2n) is 3.59. The summed E-state index contributed by atoms with van der Waals surface area (Å²) >= 11 is 0. The van der Waals surface area contributed by atoms with Crippen LogP contribution < -0.4 is 5.32 Å². The molecule has 0 spiro atoms. The summed E-state index contributed by atoms with van der Waals surface area (Å²) in [6.07, 6.45) is 5.61. The lowest BCUT2D eigenvalue weighted by atomic mass is 10.2. The number of aromatic amines is 1. The first-order chi connectivity index (χ1) is 7.36. The second kappa shape index (κ2) is 4.75. The third-order valence-electron chi connectivity index (χ3n) is 2.42. The Labute approximate surface area is 89.6 Å². The van der Waals surface area contributed by atoms with Gasteiger partial charge in [-0.2, -0.15) is 0 Å². The number of aromatic nitrogens is 2. The minimum atomic E-state index is 0.334. The van der Waals surface area contributed by atoms with Gasteiger partial charge in [0.2, 0.25) is 0 Å². The normalized spacial score (nSPS) is 12.6. The lowest BCUT2D eigenvalue weighted by Gasteiger charge is -2.11. The molecule has 2 aromatic heterocycles. The smallest absolute Gasteiger partial charge is 0.0446 e. The van der Waals surface area contributed by atoms with E-state index in [0.29, 0.717) is 6.04 Å². The molecular formula is C12H15N3. The van der Waals surface area contributed by atoms with Gasteiger partial charge in [-0.1, -0.05) is 6.07 Å². The fourth-order valence-electron chi connectivity index (χ4n) is 1.50. The molecule has 0 fully saturated rings. The number of hydrogen-bond donors (Lipinski definition) is 2. The van der Waals surface area contributed by atoms with E-state index in [1.807, 2.05) is 24.5 Å². The first-order valence-corrected chi connectivity index (χ1v) is 5.12. The molecule has 0 bridgehead atoms. The molecule has 0 saturated heterocycles. The average Bonchev–Trinajstić information content (AvgIpc) is 2.81. The molecule has 15 heavy (non-hydrogen) atoms. The summed E-state index contributed by atoms with van der Waals surface area (Å²) in [4.78, 5) is 7.27. The quantitative estimate of drug-likeness (QED) is 0.796. The summed E-state index contributed by atoms with van der Waals surface area (Å²) in [6.45, 7) is 2.98. The molecule has 2 N–H and O–H groups in total. The van der Waals surface area contributed by atoms with Crippen LogP contribution in [0.2, 0.25) is 0 Å². The van der Waals surface area contributed by atoms with Crippen molar-refractivity contribution in [2.24, 2.45) is 0 Å². The number of nitrogens with zero attached hydrogens (tertiary/aromatic N) is 1. The van der Waals surface area contributed by atoms with E-state index in [-0.39, 0.29) is 0 Å². The molecule has 0 amide bonds. The Hall–Kier alpha value is -1.61. The molecule has 0 aliphatic carbocycles. The van der Waals surface area contributed by atoms with Gasteiger partial charge < -0.3 is 10.3 Å². The van der Waals surface area contributed by atoms with Crippen molar-refractivity contribution in [3.63, 3.8) is 0 Å². The van der Waals surface area contributed by atoms with Crippen LogP contribution in [0.5, 0.6) is 0 Å². The zero-order chi connectivity index (χ0) is 10.5. The van der Waals surface area contributed by atoms with Gasteiger partial charge in [0, 0.05) is 36.9 Å². The van der Waals surface area contributed by atoms with Gasteiger partial charge in [-0.25, -0.2) is 0 Å². The molecule has 3 heteroatoms. The summed E-state index contributed by atoms with van der Waals surface area (Å²) in [6, 6.07) is 8.45. The Morgan fingerprint density at radius 1 is 1.40 bits per heavy atom. The third kappa shape index (κ3) is 2.67. The average molecular weight is 201 g/mol. The molecule has 2 aromatic rings. The van der Waals surface area contributed by atoms with E-state index in [4.69, 9.17) is 0 Å². The Morgan fingerprint density at radius 2 is 2.33 bits per heavy atom. The van der Waals surface area contributed by atoms with Gasteiger partial charge in [0.25, 0.3) is 0 Å². The van der Waals surface area contributed by atoms with Gasteiger partial charge >= 0.3 is 0 Å². The van der Waals surface area contributed by atoms with Crippen LogP contribution in [0, 0.1) is 0 Å². The Morgan fingerprint density at radius 3 is 3.00 bits per heavy atom. The van der Waals surface area contributed by atoms with Crippen molar-refractivity contribution < 1.29 is 0 Å². The van der Waals surface area contributed by atoms with Crippen LogP contribution in [0.1, 0.15) is 24.2 Å². The molecule has 0 aliphatic rings. The van der Waals surface area contributed by atoms with Crippen molar-refractivity contribution >= 4 is 0 Å². The summed E-state index contributed by atoms with van der Waals surface area (Å²) < 4.78 is 0. The predicted octanol–water partition coefficient (Wildman–Crippen LogP) is 2.26. The minimum absolute atomic E-state index is 0.334. The Kier molecular flexibility index (Phi) is 3.15. The van der Waals surface area contributed by atoms with Crippen LogP contribution in [-0.2, 0) is 6.54 Å². The van der Waals surface area contributed by atoms with Crippen molar-refractivity contribution in [3.05, 3.63) is 54.1 Å². The van der Waals surface area contributed by atoms with Gasteiger partial charge in [0.1, 0.15) is 0 Å². The van der Waals surface area contributed by atoms with Crippen molar-refractivity contribution in [2.75, 3.05) is 0 Å². The maximum Gasteiger partial charge on any atom is 0.0446 e. The molecule has 2 heterocycles. The second-order valence-corrected chi connectivity index (χ2v) is 3.59. The van der Waals surface area contributed by atoms with Crippen molar-refractivity contribution in [1.82, 2.24) is 15.3 Å². The maximum absolute atomic E-state index is 4.08. The summed E-state index contributed by atoms with van der Waals surface area (Å²) in [7, 11) is 0. The molecule has 0 aliphatic heterocycles. The van der Waals surface area contributed by atoms with Gasteiger partial charge in [-0.15, -0.1) is 0 Å². The summed E-state index contributed by atoms with van der Waals surface area (Å²) in [5.41, 5.74) is 2.41. The van der Waals surface area contributed by atoms with Gasteiger partial charge in [0.05, 0.1) is 0 Å². The standard InChI is InChI=1S/C12H15N3/c1-10(12-5-3-7-14-12)15-9-11-4-2-6-13-8-11/h2-8,10,14-15H,9H2,1H3. The lowest BCUT2D eigenvalue weighted by molar-refractivity contribution is 0.563. The van der Waals surface area contributed by atoms with Gasteiger partial charge in [-0.05, 0) is 30.7 Å². The first kappa shape index (κ1) is 9.93. The first-order valence-electron chi connectivity index (χ1n) is 5.12. The number of hydrogen-bond acceptors (Lipinski definition) is 2. The molecule has 1 unspecified atom stereocenters. The number of rotatable bonds is 4. The molecule has 0 saturated carbocycles. The van der Waals surface area contributed by atoms with Crippen LogP contribution in [0.15, 0.2) is 42.9 Å². The van der Waals surface area contributed by atoms with Crippen LogP contribution in [0.3, 0.4) is 0 Å². The number of H-pyrrole nitrogens is 1. The van der Waals surface area contributed by atoms with E-state index in [1.54, 1.807) is 6.20 Å². The van der Waals surface area contributed by atoms with Crippen molar-refractivity contribution in [3.8, 4) is 0 Å². The molecule has 78 valence electrons. The van der Waals surface area contributed by atoms with E-state index in [2.05, 4.69) is 34.3 Å². The predicted molar refractivity (Wildman–Crippen MR) is 60.3 cm³/mol. The van der Waals surface area contributed by atoms with Crippen molar-refractivity contribution in [2.45, 2.75) is 19.5 Å². The zero-order valence-corrected chi connectivity index (χ0v) is 8.77. The van der Waals surface area contributed by atoms with Gasteiger partial charge in [0.15, 0.2) is 0 Å². The van der Waals surface area contributed by atoms with Crippen LogP contribution in [0.25, 0.3) is 0 Å². The largest absolute Gasteiger partial charge is 0.364 e. The van der Waals surface area contributed by atoms with E-state index in [0.717, 1.165) is 6.54 Å². The highest BCUT2D eigenvalue weighted by Crippen LogP contribution is 2.09. The topological polar surface area (TPSA) is 40.7 Å². The number of pyridine rings is 1. The van der Waals surface area contributed by atoms with E-state index >= 15 is 0 Å². The Bertz CT molecular complexity index is 381. The summed E-state index contributed by atoms with van der Waals surface area (Å²) in [5.74, 6) is 0. The molecule has 0 radical (unpaired) electrons. The van der Waals surface area contributed by atoms with E-state index < -0.39 is 0 Å².